The first-order chi connectivity index (χ1) is 11.8. The van der Waals surface area contributed by atoms with Crippen LogP contribution in [0, 0.1) is 0 Å². The van der Waals surface area contributed by atoms with E-state index in [4.69, 9.17) is 10.5 Å². The predicted molar refractivity (Wildman–Crippen MR) is 94.1 cm³/mol. The molecule has 0 heterocycles. The van der Waals surface area contributed by atoms with Crippen LogP contribution in [-0.4, -0.2) is 29.9 Å². The molecule has 2 rings (SSSR count). The van der Waals surface area contributed by atoms with Crippen LogP contribution in [0.4, 0.5) is 13.2 Å². The Kier molecular flexibility index (Phi) is 6.35. The number of ketones is 1. The number of carbonyl (C=O) groups is 1. The summed E-state index contributed by atoms with van der Waals surface area (Å²) in [4.78, 5) is 12.8. The molecule has 1 unspecified atom stereocenters. The number of halogens is 3. The molecular weight excluding hydrogens is 351 g/mol. The fraction of sp³-hybridized carbons (Fsp3) is 0.389. The molecule has 0 bridgehead atoms. The second-order valence-corrected chi connectivity index (χ2v) is 6.73. The molecule has 25 heavy (non-hydrogen) atoms. The molecule has 1 aliphatic rings. The third-order valence-corrected chi connectivity index (χ3v) is 4.76. The summed E-state index contributed by atoms with van der Waals surface area (Å²) < 4.78 is 44.2. The first-order valence-electron chi connectivity index (χ1n) is 7.91. The third-order valence-electron chi connectivity index (χ3n) is 3.84. The van der Waals surface area contributed by atoms with Gasteiger partial charge in [0.05, 0.1) is 30.0 Å². The molecule has 1 aromatic rings. The van der Waals surface area contributed by atoms with Gasteiger partial charge in [-0.15, -0.1) is 0 Å². The normalized spacial score (nSPS) is 19.8. The van der Waals surface area contributed by atoms with Gasteiger partial charge < -0.3 is 10.5 Å². The Hall–Kier alpha value is -1.73. The summed E-state index contributed by atoms with van der Waals surface area (Å²) in [5.41, 5.74) is 6.81. The molecule has 136 valence electrons. The van der Waals surface area contributed by atoms with Crippen molar-refractivity contribution in [3.05, 3.63) is 52.8 Å². The topological polar surface area (TPSA) is 52.3 Å². The van der Waals surface area contributed by atoms with Crippen molar-refractivity contribution in [3.8, 4) is 0 Å². The van der Waals surface area contributed by atoms with Crippen molar-refractivity contribution in [1.82, 2.24) is 0 Å². The summed E-state index contributed by atoms with van der Waals surface area (Å²) in [6.07, 6.45) is -3.15. The van der Waals surface area contributed by atoms with Gasteiger partial charge in [-0.2, -0.15) is 24.9 Å². The fourth-order valence-corrected chi connectivity index (χ4v) is 3.36. The molecule has 0 aliphatic heterocycles. The minimum atomic E-state index is -4.47. The van der Waals surface area contributed by atoms with Crippen LogP contribution >= 0.6 is 11.8 Å². The van der Waals surface area contributed by atoms with Crippen LogP contribution in [-0.2, 0) is 15.7 Å². The van der Waals surface area contributed by atoms with Gasteiger partial charge in [0.15, 0.2) is 5.78 Å². The number of nitrogens with two attached hydrogens (primary N) is 1. The Morgan fingerprint density at radius 2 is 2.04 bits per heavy atom. The Morgan fingerprint density at radius 1 is 1.32 bits per heavy atom. The lowest BCUT2D eigenvalue weighted by Gasteiger charge is -2.12. The maximum Gasteiger partial charge on any atom is 0.416 e. The summed E-state index contributed by atoms with van der Waals surface area (Å²) >= 11 is 1.56. The number of carbonyl (C=O) groups excluding carboxylic acids is 1. The lowest BCUT2D eigenvalue weighted by atomic mass is 9.99. The van der Waals surface area contributed by atoms with E-state index in [1.165, 1.54) is 18.4 Å². The van der Waals surface area contributed by atoms with Gasteiger partial charge in [-0.1, -0.05) is 19.1 Å². The average Bonchev–Trinajstić information content (AvgIpc) is 2.80. The molecule has 0 spiro atoms. The first kappa shape index (κ1) is 19.6. The largest absolute Gasteiger partial charge is 0.501 e. The lowest BCUT2D eigenvalue weighted by Crippen LogP contribution is -2.24. The molecule has 0 fully saturated rings. The Bertz CT molecular complexity index is 711. The fourth-order valence-electron chi connectivity index (χ4n) is 2.62. The molecule has 0 aromatic heterocycles. The highest BCUT2D eigenvalue weighted by Crippen LogP contribution is 2.38. The molecule has 1 aliphatic carbocycles. The summed E-state index contributed by atoms with van der Waals surface area (Å²) in [6, 6.07) is 4.14. The Balaban J connectivity index is 2.53. The molecule has 3 nitrogen and oxygen atoms in total. The number of benzene rings is 1. The van der Waals surface area contributed by atoms with Crippen molar-refractivity contribution in [1.29, 1.82) is 0 Å². The zero-order valence-electron chi connectivity index (χ0n) is 14.0. The highest BCUT2D eigenvalue weighted by molar-refractivity contribution is 7.99. The van der Waals surface area contributed by atoms with Crippen molar-refractivity contribution < 1.29 is 22.7 Å². The molecule has 0 saturated carbocycles. The van der Waals surface area contributed by atoms with Crippen molar-refractivity contribution >= 4 is 23.1 Å². The van der Waals surface area contributed by atoms with Crippen molar-refractivity contribution in [2.75, 3.05) is 18.1 Å². The van der Waals surface area contributed by atoms with Crippen molar-refractivity contribution in [3.63, 3.8) is 0 Å². The van der Waals surface area contributed by atoms with Crippen LogP contribution < -0.4 is 5.73 Å². The van der Waals surface area contributed by atoms with Gasteiger partial charge in [-0.3, -0.25) is 4.79 Å². The summed E-state index contributed by atoms with van der Waals surface area (Å²) in [7, 11) is 0. The Morgan fingerprint density at radius 3 is 2.64 bits per heavy atom. The SMILES string of the molecule is CCOC=C1C(=O)C(c2cccc(C(F)(F)F)c2)=C(CSCC)C1N. The highest BCUT2D eigenvalue weighted by atomic mass is 32.2. The number of allylic oxidation sites excluding steroid dienone is 1. The quantitative estimate of drug-likeness (QED) is 0.606. The first-order valence-corrected chi connectivity index (χ1v) is 9.07. The molecule has 1 aromatic carbocycles. The standard InChI is InChI=1S/C18H20F3NO2S/c1-3-24-9-13-16(22)14(10-25-4-2)15(17(13)23)11-6-5-7-12(8-11)18(19,20)21/h5-9,16H,3-4,10,22H2,1-2H3. The van der Waals surface area contributed by atoms with E-state index in [1.54, 1.807) is 18.7 Å². The van der Waals surface area contributed by atoms with Crippen molar-refractivity contribution in [2.24, 2.45) is 5.73 Å². The zero-order chi connectivity index (χ0) is 18.6. The molecule has 7 heteroatoms. The van der Waals surface area contributed by atoms with Crippen LogP contribution in [0.3, 0.4) is 0 Å². The smallest absolute Gasteiger partial charge is 0.416 e. The van der Waals surface area contributed by atoms with Gasteiger partial charge in [0.25, 0.3) is 0 Å². The van der Waals surface area contributed by atoms with Gasteiger partial charge in [0, 0.05) is 11.3 Å². The van der Waals surface area contributed by atoms with E-state index in [0.29, 0.717) is 17.9 Å². The summed E-state index contributed by atoms with van der Waals surface area (Å²) in [6.45, 7) is 4.12. The minimum absolute atomic E-state index is 0.238. The van der Waals surface area contributed by atoms with Crippen LogP contribution in [0.5, 0.6) is 0 Å². The molecule has 2 N–H and O–H groups in total. The van der Waals surface area contributed by atoms with E-state index in [2.05, 4.69) is 0 Å². The minimum Gasteiger partial charge on any atom is -0.501 e. The van der Waals surface area contributed by atoms with Gasteiger partial charge in [-0.25, -0.2) is 0 Å². The second-order valence-electron chi connectivity index (χ2n) is 5.45. The lowest BCUT2D eigenvalue weighted by molar-refractivity contribution is -0.137. The highest BCUT2D eigenvalue weighted by Gasteiger charge is 2.37. The van der Waals surface area contributed by atoms with Gasteiger partial charge in [0.1, 0.15) is 0 Å². The number of hydrogen-bond acceptors (Lipinski definition) is 4. The van der Waals surface area contributed by atoms with Crippen LogP contribution in [0.25, 0.3) is 5.57 Å². The monoisotopic (exact) mass is 371 g/mol. The van der Waals surface area contributed by atoms with E-state index >= 15 is 0 Å². The van der Waals surface area contributed by atoms with Crippen LogP contribution in [0.1, 0.15) is 25.0 Å². The zero-order valence-corrected chi connectivity index (χ0v) is 14.8. The van der Waals surface area contributed by atoms with E-state index < -0.39 is 17.8 Å². The molecule has 0 radical (unpaired) electrons. The number of ether oxygens (including phenoxy) is 1. The second kappa shape index (κ2) is 8.10. The summed E-state index contributed by atoms with van der Waals surface area (Å²) in [5, 5.41) is 0. The number of Topliss-reactive ketones (excluding diaryl/α,β-unsaturated/α-hetero) is 1. The molecule has 0 saturated heterocycles. The van der Waals surface area contributed by atoms with Gasteiger partial charge in [0.2, 0.25) is 0 Å². The number of rotatable bonds is 6. The number of hydrogen-bond donors (Lipinski definition) is 1. The van der Waals surface area contributed by atoms with Crippen LogP contribution in [0.15, 0.2) is 41.7 Å². The van der Waals surface area contributed by atoms with Crippen molar-refractivity contribution in [2.45, 2.75) is 26.1 Å². The van der Waals surface area contributed by atoms with E-state index in [0.717, 1.165) is 17.9 Å². The third kappa shape index (κ3) is 4.27. The van der Waals surface area contributed by atoms with E-state index in [-0.39, 0.29) is 22.5 Å². The number of thioether (sulfide) groups is 1. The van der Waals surface area contributed by atoms with Gasteiger partial charge in [-0.05, 0) is 35.9 Å². The van der Waals surface area contributed by atoms with Crippen LogP contribution in [0.2, 0.25) is 0 Å². The average molecular weight is 371 g/mol. The summed E-state index contributed by atoms with van der Waals surface area (Å²) in [5.74, 6) is 0.926. The van der Waals surface area contributed by atoms with E-state index in [1.807, 2.05) is 6.92 Å². The molecule has 0 amide bonds. The number of alkyl halides is 3. The maximum atomic E-state index is 13.0. The van der Waals surface area contributed by atoms with E-state index in [9.17, 15) is 18.0 Å². The Labute approximate surface area is 149 Å². The van der Waals surface area contributed by atoms with Gasteiger partial charge >= 0.3 is 6.18 Å². The molecule has 1 atom stereocenters. The predicted octanol–water partition coefficient (Wildman–Crippen LogP) is 4.04. The molecular formula is C18H20F3NO2S. The maximum absolute atomic E-state index is 13.0.